The van der Waals surface area contributed by atoms with E-state index in [1.54, 1.807) is 6.92 Å². The second kappa shape index (κ2) is 4.83. The molecule has 0 saturated heterocycles. The third kappa shape index (κ3) is 3.12. The smallest absolute Gasteiger partial charge is 0.316 e. The topological polar surface area (TPSA) is 26.0 Å². The van der Waals surface area contributed by atoms with Gasteiger partial charge in [0.05, 0.1) is 3.79 Å². The molecule has 0 aliphatic heterocycles. The number of thiophene rings is 1. The average Bonchev–Trinajstić information content (AvgIpc) is 2.29. The maximum Gasteiger partial charge on any atom is 0.408 e. The van der Waals surface area contributed by atoms with Crippen molar-refractivity contribution in [3.05, 3.63) is 20.3 Å². The van der Waals surface area contributed by atoms with Gasteiger partial charge in [-0.15, -0.1) is 23.7 Å². The van der Waals surface area contributed by atoms with Crippen LogP contribution in [0.25, 0.3) is 0 Å². The van der Waals surface area contributed by atoms with Gasteiger partial charge >= 0.3 is 6.18 Å². The van der Waals surface area contributed by atoms with Crippen LogP contribution in [0, 0.1) is 6.92 Å². The van der Waals surface area contributed by atoms with E-state index >= 15 is 0 Å². The number of nitrogens with two attached hydrogens (primary N) is 1. The molecule has 1 atom stereocenters. The summed E-state index contributed by atoms with van der Waals surface area (Å²) in [6, 6.07) is -0.421. The second-order valence-corrected chi connectivity index (χ2v) is 5.03. The molecule has 0 bridgehead atoms. The standard InChI is InChI=1S/C7H7BrF3NS.ClH/c1-3-2-4(13-6(3)8)5(12)7(9,10)11;/h2,5H,12H2,1H3;1H/t5-;/m0./s1. The first-order chi connectivity index (χ1) is 5.82. The molecule has 0 unspecified atom stereocenters. The molecule has 0 amide bonds. The first-order valence-electron chi connectivity index (χ1n) is 3.40. The highest BCUT2D eigenvalue weighted by Crippen LogP contribution is 2.37. The number of rotatable bonds is 1. The summed E-state index contributed by atoms with van der Waals surface area (Å²) in [5, 5.41) is 0. The monoisotopic (exact) mass is 309 g/mol. The van der Waals surface area contributed by atoms with Crippen LogP contribution in [0.15, 0.2) is 9.85 Å². The van der Waals surface area contributed by atoms with Crippen molar-refractivity contribution < 1.29 is 13.2 Å². The predicted octanol–water partition coefficient (Wildman–Crippen LogP) is 3.80. The highest BCUT2D eigenvalue weighted by molar-refractivity contribution is 9.11. The summed E-state index contributed by atoms with van der Waals surface area (Å²) in [4.78, 5) is 0.136. The number of halogens is 5. The predicted molar refractivity (Wildman–Crippen MR) is 57.0 cm³/mol. The first kappa shape index (κ1) is 14.2. The summed E-state index contributed by atoms with van der Waals surface area (Å²) in [5.41, 5.74) is 5.80. The van der Waals surface area contributed by atoms with Crippen LogP contribution in [0.1, 0.15) is 16.5 Å². The van der Waals surface area contributed by atoms with E-state index in [0.29, 0.717) is 3.79 Å². The van der Waals surface area contributed by atoms with E-state index in [-0.39, 0.29) is 17.3 Å². The fourth-order valence-corrected chi connectivity index (χ4v) is 2.40. The van der Waals surface area contributed by atoms with Crippen LogP contribution < -0.4 is 5.73 Å². The molecule has 82 valence electrons. The lowest BCUT2D eigenvalue weighted by Gasteiger charge is -2.12. The molecule has 0 aromatic carbocycles. The lowest BCUT2D eigenvalue weighted by Crippen LogP contribution is -2.27. The molecule has 7 heteroatoms. The summed E-state index contributed by atoms with van der Waals surface area (Å²) in [6.45, 7) is 1.73. The molecule has 14 heavy (non-hydrogen) atoms. The molecule has 0 spiro atoms. The third-order valence-electron chi connectivity index (χ3n) is 1.54. The number of alkyl halides is 3. The van der Waals surface area contributed by atoms with Crippen LogP contribution in [-0.4, -0.2) is 6.18 Å². The van der Waals surface area contributed by atoms with E-state index in [4.69, 9.17) is 5.73 Å². The summed E-state index contributed by atoms with van der Waals surface area (Å²) >= 11 is 4.17. The normalized spacial score (nSPS) is 13.6. The zero-order chi connectivity index (χ0) is 10.2. The number of hydrogen-bond acceptors (Lipinski definition) is 2. The van der Waals surface area contributed by atoms with E-state index in [0.717, 1.165) is 16.9 Å². The van der Waals surface area contributed by atoms with E-state index in [9.17, 15) is 13.2 Å². The first-order valence-corrected chi connectivity index (χ1v) is 5.01. The largest absolute Gasteiger partial charge is 0.408 e. The lowest BCUT2D eigenvalue weighted by molar-refractivity contribution is -0.148. The van der Waals surface area contributed by atoms with Crippen molar-refractivity contribution in [2.45, 2.75) is 19.1 Å². The minimum Gasteiger partial charge on any atom is -0.316 e. The lowest BCUT2D eigenvalue weighted by atomic mass is 10.2. The van der Waals surface area contributed by atoms with Gasteiger partial charge in [-0.2, -0.15) is 13.2 Å². The highest BCUT2D eigenvalue weighted by atomic mass is 79.9. The van der Waals surface area contributed by atoms with Crippen LogP contribution in [-0.2, 0) is 0 Å². The molecule has 2 N–H and O–H groups in total. The van der Waals surface area contributed by atoms with Gasteiger partial charge in [0.25, 0.3) is 0 Å². The van der Waals surface area contributed by atoms with Gasteiger partial charge < -0.3 is 5.73 Å². The van der Waals surface area contributed by atoms with Crippen molar-refractivity contribution in [3.8, 4) is 0 Å². The van der Waals surface area contributed by atoms with Gasteiger partial charge in [-0.05, 0) is 34.5 Å². The number of hydrogen-bond donors (Lipinski definition) is 1. The van der Waals surface area contributed by atoms with Gasteiger partial charge in [-0.25, -0.2) is 0 Å². The molecular formula is C7H8BrClF3NS. The molecule has 0 aliphatic rings. The van der Waals surface area contributed by atoms with E-state index < -0.39 is 12.2 Å². The molecule has 0 fully saturated rings. The number of aryl methyl sites for hydroxylation is 1. The van der Waals surface area contributed by atoms with Crippen LogP contribution in [0.2, 0.25) is 0 Å². The Morgan fingerprint density at radius 2 is 2.00 bits per heavy atom. The Balaban J connectivity index is 0.00000169. The molecule has 0 radical (unpaired) electrons. The molecule has 1 nitrogen and oxygen atoms in total. The van der Waals surface area contributed by atoms with Crippen molar-refractivity contribution >= 4 is 39.7 Å². The van der Waals surface area contributed by atoms with Crippen LogP contribution >= 0.6 is 39.7 Å². The Morgan fingerprint density at radius 3 is 2.29 bits per heavy atom. The van der Waals surface area contributed by atoms with Gasteiger partial charge in [0, 0.05) is 4.88 Å². The van der Waals surface area contributed by atoms with Gasteiger partial charge in [-0.1, -0.05) is 0 Å². The van der Waals surface area contributed by atoms with Crippen LogP contribution in [0.4, 0.5) is 13.2 Å². The molecule has 1 heterocycles. The molecule has 0 saturated carbocycles. The van der Waals surface area contributed by atoms with Crippen molar-refractivity contribution in [3.63, 3.8) is 0 Å². The molecule has 1 rings (SSSR count). The fourth-order valence-electron chi connectivity index (χ4n) is 0.798. The van der Waals surface area contributed by atoms with Gasteiger partial charge in [0.1, 0.15) is 6.04 Å². The Hall–Kier alpha value is 0.220. The second-order valence-electron chi connectivity index (χ2n) is 2.62. The molecule has 1 aromatic heterocycles. The minimum atomic E-state index is -4.36. The zero-order valence-electron chi connectivity index (χ0n) is 7.06. The summed E-state index contributed by atoms with van der Waals surface area (Å²) in [7, 11) is 0. The molecule has 0 aliphatic carbocycles. The maximum absolute atomic E-state index is 12.1. The Labute approximate surface area is 98.0 Å². The van der Waals surface area contributed by atoms with E-state index in [1.165, 1.54) is 6.07 Å². The highest BCUT2D eigenvalue weighted by Gasteiger charge is 2.38. The Kier molecular flexibility index (Phi) is 4.90. The van der Waals surface area contributed by atoms with Gasteiger partial charge in [-0.3, -0.25) is 0 Å². The van der Waals surface area contributed by atoms with E-state index in [2.05, 4.69) is 15.9 Å². The summed E-state index contributed by atoms with van der Waals surface area (Å²) in [6.07, 6.45) is -4.36. The average molecular weight is 311 g/mol. The zero-order valence-corrected chi connectivity index (χ0v) is 10.3. The maximum atomic E-state index is 12.1. The fraction of sp³-hybridized carbons (Fsp3) is 0.429. The molecular weight excluding hydrogens is 303 g/mol. The Morgan fingerprint density at radius 1 is 1.50 bits per heavy atom. The van der Waals surface area contributed by atoms with Gasteiger partial charge in [0.15, 0.2) is 0 Å². The third-order valence-corrected chi connectivity index (χ3v) is 3.76. The van der Waals surface area contributed by atoms with Crippen molar-refractivity contribution in [2.24, 2.45) is 5.73 Å². The van der Waals surface area contributed by atoms with Crippen molar-refractivity contribution in [1.82, 2.24) is 0 Å². The molecule has 1 aromatic rings. The van der Waals surface area contributed by atoms with Gasteiger partial charge in [0.2, 0.25) is 0 Å². The summed E-state index contributed by atoms with van der Waals surface area (Å²) < 4.78 is 37.1. The van der Waals surface area contributed by atoms with E-state index in [1.807, 2.05) is 0 Å². The Bertz CT molecular complexity index is 293. The van der Waals surface area contributed by atoms with Crippen LogP contribution in [0.3, 0.4) is 0 Å². The minimum absolute atomic E-state index is 0. The SMILES string of the molecule is Cc1cc([C@H](N)C(F)(F)F)sc1Br.Cl. The van der Waals surface area contributed by atoms with Crippen molar-refractivity contribution in [2.75, 3.05) is 0 Å². The quantitative estimate of drug-likeness (QED) is 0.839. The summed E-state index contributed by atoms with van der Waals surface area (Å²) in [5.74, 6) is 0. The van der Waals surface area contributed by atoms with Crippen LogP contribution in [0.5, 0.6) is 0 Å². The van der Waals surface area contributed by atoms with Crippen molar-refractivity contribution in [1.29, 1.82) is 0 Å².